The molecule has 0 aliphatic carbocycles. The van der Waals surface area contributed by atoms with Crippen molar-refractivity contribution in [2.45, 2.75) is 38.2 Å². The fourth-order valence-electron chi connectivity index (χ4n) is 0.760. The highest BCUT2D eigenvalue weighted by Crippen LogP contribution is 2.28. The van der Waals surface area contributed by atoms with Gasteiger partial charge in [0.2, 0.25) is 0 Å². The Morgan fingerprint density at radius 2 is 2.17 bits per heavy atom. The Morgan fingerprint density at radius 3 is 2.58 bits per heavy atom. The van der Waals surface area contributed by atoms with Gasteiger partial charge in [0.25, 0.3) is 0 Å². The normalized spacial score (nSPS) is 12.0. The Morgan fingerprint density at radius 1 is 1.50 bits per heavy atom. The Balaban J connectivity index is 2.44. The van der Waals surface area contributed by atoms with Crippen LogP contribution in [0.15, 0.2) is 6.20 Å². The molecule has 1 nitrogen and oxygen atoms in total. The lowest BCUT2D eigenvalue weighted by molar-refractivity contribution is 0.802. The zero-order valence-electron chi connectivity index (χ0n) is 8.05. The van der Waals surface area contributed by atoms with Crippen molar-refractivity contribution in [2.24, 2.45) is 0 Å². The van der Waals surface area contributed by atoms with E-state index in [1.807, 2.05) is 18.0 Å². The van der Waals surface area contributed by atoms with Gasteiger partial charge in [-0.05, 0) is 6.92 Å². The molecule has 0 bridgehead atoms. The molecule has 1 heterocycles. The van der Waals surface area contributed by atoms with Crippen LogP contribution in [0.4, 0.5) is 0 Å². The lowest BCUT2D eigenvalue weighted by Crippen LogP contribution is -2.06. The molecule has 0 aliphatic rings. The molecular formula is C9H15NS2. The maximum Gasteiger partial charge on any atom is 0.0897 e. The molecule has 0 atom stereocenters. The summed E-state index contributed by atoms with van der Waals surface area (Å²) in [7, 11) is 0. The number of aromatic nitrogens is 1. The maximum atomic E-state index is 4.22. The summed E-state index contributed by atoms with van der Waals surface area (Å²) in [5.41, 5.74) is 0. The van der Waals surface area contributed by atoms with Gasteiger partial charge in [-0.25, -0.2) is 4.98 Å². The predicted octanol–water partition coefficient (Wildman–Crippen LogP) is 3.48. The van der Waals surface area contributed by atoms with Crippen molar-refractivity contribution >= 4 is 23.1 Å². The zero-order valence-corrected chi connectivity index (χ0v) is 9.68. The molecule has 1 aromatic rings. The highest BCUT2D eigenvalue weighted by molar-refractivity contribution is 7.99. The van der Waals surface area contributed by atoms with Crippen LogP contribution in [-0.2, 0) is 5.75 Å². The van der Waals surface area contributed by atoms with Gasteiger partial charge in [0, 0.05) is 21.6 Å². The lowest BCUT2D eigenvalue weighted by atomic mass is 10.3. The van der Waals surface area contributed by atoms with Crippen LogP contribution in [-0.4, -0.2) is 9.73 Å². The van der Waals surface area contributed by atoms with E-state index in [0.29, 0.717) is 4.75 Å². The van der Waals surface area contributed by atoms with Crippen molar-refractivity contribution in [1.29, 1.82) is 0 Å². The van der Waals surface area contributed by atoms with Crippen molar-refractivity contribution in [3.05, 3.63) is 16.1 Å². The zero-order chi connectivity index (χ0) is 9.19. The Hall–Kier alpha value is -0.0200. The summed E-state index contributed by atoms with van der Waals surface area (Å²) in [4.78, 5) is 5.60. The second-order valence-electron chi connectivity index (χ2n) is 3.75. The summed E-state index contributed by atoms with van der Waals surface area (Å²) < 4.78 is 0.359. The molecule has 1 rings (SSSR count). The van der Waals surface area contributed by atoms with Crippen LogP contribution in [0.5, 0.6) is 0 Å². The third-order valence-electron chi connectivity index (χ3n) is 1.32. The molecule has 0 aromatic carbocycles. The van der Waals surface area contributed by atoms with E-state index in [4.69, 9.17) is 0 Å². The van der Waals surface area contributed by atoms with Crippen LogP contribution in [0.2, 0.25) is 0 Å². The molecule has 0 radical (unpaired) electrons. The molecule has 1 aromatic heterocycles. The quantitative estimate of drug-likeness (QED) is 0.726. The van der Waals surface area contributed by atoms with Crippen LogP contribution < -0.4 is 0 Å². The van der Waals surface area contributed by atoms with Gasteiger partial charge in [0.05, 0.1) is 5.01 Å². The third-order valence-corrected chi connectivity index (χ3v) is 3.73. The number of aryl methyl sites for hydroxylation is 1. The van der Waals surface area contributed by atoms with Gasteiger partial charge in [-0.1, -0.05) is 20.8 Å². The SMILES string of the molecule is Cc1ncc(CSC(C)(C)C)s1. The Labute approximate surface area is 82.6 Å². The molecule has 0 aliphatic heterocycles. The molecular weight excluding hydrogens is 186 g/mol. The summed E-state index contributed by atoms with van der Waals surface area (Å²) in [5, 5.41) is 1.17. The van der Waals surface area contributed by atoms with Gasteiger partial charge in [0.15, 0.2) is 0 Å². The Bertz CT molecular complexity index is 247. The molecule has 0 saturated heterocycles. The number of rotatable bonds is 2. The number of thiazole rings is 1. The summed E-state index contributed by atoms with van der Waals surface area (Å²) in [6.07, 6.45) is 1.98. The minimum Gasteiger partial charge on any atom is -0.250 e. The molecule has 68 valence electrons. The molecule has 0 N–H and O–H groups in total. The van der Waals surface area contributed by atoms with E-state index in [1.54, 1.807) is 11.3 Å². The minimum absolute atomic E-state index is 0.359. The first-order chi connectivity index (χ1) is 5.47. The van der Waals surface area contributed by atoms with Crippen molar-refractivity contribution in [2.75, 3.05) is 0 Å². The second kappa shape index (κ2) is 3.79. The van der Waals surface area contributed by atoms with Gasteiger partial charge in [-0.3, -0.25) is 0 Å². The van der Waals surface area contributed by atoms with Crippen LogP contribution in [0.3, 0.4) is 0 Å². The molecule has 0 unspecified atom stereocenters. The van der Waals surface area contributed by atoms with Crippen LogP contribution in [0.1, 0.15) is 30.7 Å². The second-order valence-corrected chi connectivity index (χ2v) is 6.87. The molecule has 0 fully saturated rings. The summed E-state index contributed by atoms with van der Waals surface area (Å²) >= 11 is 3.77. The van der Waals surface area contributed by atoms with Crippen molar-refractivity contribution in [3.8, 4) is 0 Å². The van der Waals surface area contributed by atoms with E-state index < -0.39 is 0 Å². The first kappa shape index (κ1) is 10.1. The van der Waals surface area contributed by atoms with Crippen LogP contribution in [0.25, 0.3) is 0 Å². The van der Waals surface area contributed by atoms with E-state index >= 15 is 0 Å². The number of hydrogen-bond donors (Lipinski definition) is 0. The summed E-state index contributed by atoms with van der Waals surface area (Å²) in [6, 6.07) is 0. The number of thioether (sulfide) groups is 1. The molecule has 0 saturated carbocycles. The Kier molecular flexibility index (Phi) is 3.18. The topological polar surface area (TPSA) is 12.9 Å². The smallest absolute Gasteiger partial charge is 0.0897 e. The predicted molar refractivity (Wildman–Crippen MR) is 57.9 cm³/mol. The summed E-state index contributed by atoms with van der Waals surface area (Å²) in [6.45, 7) is 8.78. The van der Waals surface area contributed by atoms with E-state index in [9.17, 15) is 0 Å². The van der Waals surface area contributed by atoms with E-state index in [2.05, 4.69) is 32.7 Å². The largest absolute Gasteiger partial charge is 0.250 e. The molecule has 12 heavy (non-hydrogen) atoms. The molecule has 3 heteroatoms. The summed E-state index contributed by atoms with van der Waals surface area (Å²) in [5.74, 6) is 1.09. The molecule has 0 spiro atoms. The van der Waals surface area contributed by atoms with Crippen molar-refractivity contribution in [1.82, 2.24) is 4.98 Å². The number of nitrogens with zero attached hydrogens (tertiary/aromatic N) is 1. The highest BCUT2D eigenvalue weighted by atomic mass is 32.2. The van der Waals surface area contributed by atoms with E-state index in [-0.39, 0.29) is 0 Å². The van der Waals surface area contributed by atoms with Gasteiger partial charge in [0.1, 0.15) is 0 Å². The third kappa shape index (κ3) is 3.59. The first-order valence-electron chi connectivity index (χ1n) is 4.03. The highest BCUT2D eigenvalue weighted by Gasteiger charge is 2.11. The molecule has 0 amide bonds. The lowest BCUT2D eigenvalue weighted by Gasteiger charge is -2.16. The van der Waals surface area contributed by atoms with Crippen LogP contribution in [0, 0.1) is 6.92 Å². The average Bonchev–Trinajstić information content (AvgIpc) is 2.30. The van der Waals surface area contributed by atoms with Gasteiger partial charge >= 0.3 is 0 Å². The average molecular weight is 201 g/mol. The number of hydrogen-bond acceptors (Lipinski definition) is 3. The fourth-order valence-corrected chi connectivity index (χ4v) is 2.41. The van der Waals surface area contributed by atoms with E-state index in [1.165, 1.54) is 9.88 Å². The minimum atomic E-state index is 0.359. The monoisotopic (exact) mass is 201 g/mol. The van der Waals surface area contributed by atoms with Crippen molar-refractivity contribution in [3.63, 3.8) is 0 Å². The van der Waals surface area contributed by atoms with E-state index in [0.717, 1.165) is 5.75 Å². The van der Waals surface area contributed by atoms with Crippen molar-refractivity contribution < 1.29 is 0 Å². The van der Waals surface area contributed by atoms with Gasteiger partial charge in [-0.15, -0.1) is 11.3 Å². The fraction of sp³-hybridized carbons (Fsp3) is 0.667. The van der Waals surface area contributed by atoms with Crippen LogP contribution >= 0.6 is 23.1 Å². The first-order valence-corrected chi connectivity index (χ1v) is 5.83. The van der Waals surface area contributed by atoms with Gasteiger partial charge < -0.3 is 0 Å². The standard InChI is InChI=1S/C9H15NS2/c1-7-10-5-8(12-7)6-11-9(2,3)4/h5H,6H2,1-4H3. The maximum absolute atomic E-state index is 4.22. The van der Waals surface area contributed by atoms with Gasteiger partial charge in [-0.2, -0.15) is 11.8 Å².